The lowest BCUT2D eigenvalue weighted by Crippen LogP contribution is -2.15. The number of nitrogens with one attached hydrogen (secondary N) is 1. The van der Waals surface area contributed by atoms with Crippen LogP contribution in [0.2, 0.25) is 0 Å². The van der Waals surface area contributed by atoms with Crippen molar-refractivity contribution in [3.8, 4) is 16.9 Å². The summed E-state index contributed by atoms with van der Waals surface area (Å²) in [5.74, 6) is -2.36. The smallest absolute Gasteiger partial charge is 0.249 e. The molecule has 0 fully saturated rings. The average molecular weight is 442 g/mol. The fourth-order valence-corrected chi connectivity index (χ4v) is 3.37. The van der Waals surface area contributed by atoms with Gasteiger partial charge in [-0.25, -0.2) is 18.9 Å². The first-order valence-corrected chi connectivity index (χ1v) is 10.2. The van der Waals surface area contributed by atoms with Gasteiger partial charge in [-0.1, -0.05) is 11.8 Å². The van der Waals surface area contributed by atoms with E-state index >= 15 is 0 Å². The maximum absolute atomic E-state index is 14.5. The first-order valence-electron chi connectivity index (χ1n) is 9.22. The maximum Gasteiger partial charge on any atom is 0.249 e. The number of benzene rings is 1. The topological polar surface area (TPSA) is 94.3 Å². The molecule has 4 rings (SSSR count). The number of anilines is 1. The van der Waals surface area contributed by atoms with Crippen LogP contribution in [0.25, 0.3) is 16.8 Å². The standard InChI is InChI=1S/C20H16F2N6O2S/c1-2-30-14-6-5-13(17(21)18(14)22)12-4-7-15-25-19(27-28(15)10-12)26-16(29)11-31-20-23-8-3-9-24-20/h3-10H,2,11H2,1H3,(H,26,27,29). The van der Waals surface area contributed by atoms with Crippen LogP contribution >= 0.6 is 11.8 Å². The molecule has 31 heavy (non-hydrogen) atoms. The Morgan fingerprint density at radius 1 is 1.16 bits per heavy atom. The second-order valence-corrected chi connectivity index (χ2v) is 7.14. The summed E-state index contributed by atoms with van der Waals surface area (Å²) < 4.78 is 35.2. The lowest BCUT2D eigenvalue weighted by atomic mass is 10.1. The molecule has 3 heterocycles. The van der Waals surface area contributed by atoms with E-state index in [1.54, 1.807) is 37.5 Å². The molecule has 0 bridgehead atoms. The molecule has 1 aromatic carbocycles. The maximum atomic E-state index is 14.5. The molecule has 0 spiro atoms. The molecule has 0 aliphatic heterocycles. The molecular weight excluding hydrogens is 426 g/mol. The number of halogens is 2. The van der Waals surface area contributed by atoms with E-state index in [4.69, 9.17) is 4.74 Å². The fourth-order valence-electron chi connectivity index (χ4n) is 2.77. The number of fused-ring (bicyclic) bond motifs is 1. The first kappa shape index (κ1) is 20.7. The minimum Gasteiger partial charge on any atom is -0.491 e. The van der Waals surface area contributed by atoms with Crippen LogP contribution in [0.1, 0.15) is 6.92 Å². The molecule has 0 saturated carbocycles. The number of carbonyl (C=O) groups is 1. The molecule has 1 amide bonds. The van der Waals surface area contributed by atoms with Gasteiger partial charge in [-0.3, -0.25) is 10.1 Å². The van der Waals surface area contributed by atoms with Gasteiger partial charge in [0.25, 0.3) is 0 Å². The summed E-state index contributed by atoms with van der Waals surface area (Å²) in [4.78, 5) is 24.4. The van der Waals surface area contributed by atoms with Crippen molar-refractivity contribution in [3.05, 3.63) is 60.6 Å². The Labute approximate surface area is 179 Å². The highest BCUT2D eigenvalue weighted by Crippen LogP contribution is 2.30. The first-order chi connectivity index (χ1) is 15.0. The number of amides is 1. The van der Waals surface area contributed by atoms with Crippen LogP contribution in [0.15, 0.2) is 54.1 Å². The largest absolute Gasteiger partial charge is 0.491 e. The van der Waals surface area contributed by atoms with Gasteiger partial charge in [-0.2, -0.15) is 9.37 Å². The van der Waals surface area contributed by atoms with E-state index < -0.39 is 11.6 Å². The number of ether oxygens (including phenoxy) is 1. The summed E-state index contributed by atoms with van der Waals surface area (Å²) in [6.07, 6.45) is 4.68. The predicted octanol–water partition coefficient (Wildman–Crippen LogP) is 3.59. The summed E-state index contributed by atoms with van der Waals surface area (Å²) in [5.41, 5.74) is 0.889. The Balaban J connectivity index is 1.51. The number of hydrogen-bond donors (Lipinski definition) is 1. The third kappa shape index (κ3) is 4.61. The third-order valence-electron chi connectivity index (χ3n) is 4.11. The SMILES string of the molecule is CCOc1ccc(-c2ccc3nc(NC(=O)CSc4ncccn4)nn3c2)c(F)c1F. The summed E-state index contributed by atoms with van der Waals surface area (Å²) in [7, 11) is 0. The van der Waals surface area contributed by atoms with E-state index in [1.807, 2.05) is 0 Å². The monoisotopic (exact) mass is 442 g/mol. The highest BCUT2D eigenvalue weighted by molar-refractivity contribution is 7.99. The Hall–Kier alpha value is -3.60. The van der Waals surface area contributed by atoms with Crippen molar-refractivity contribution in [2.75, 3.05) is 17.7 Å². The summed E-state index contributed by atoms with van der Waals surface area (Å²) >= 11 is 1.18. The van der Waals surface area contributed by atoms with Gasteiger partial charge in [-0.15, -0.1) is 5.10 Å². The number of pyridine rings is 1. The lowest BCUT2D eigenvalue weighted by molar-refractivity contribution is -0.113. The van der Waals surface area contributed by atoms with Gasteiger partial charge >= 0.3 is 0 Å². The molecule has 0 unspecified atom stereocenters. The van der Waals surface area contributed by atoms with Gasteiger partial charge in [0.15, 0.2) is 22.4 Å². The van der Waals surface area contributed by atoms with Crippen molar-refractivity contribution in [3.63, 3.8) is 0 Å². The van der Waals surface area contributed by atoms with Crippen molar-refractivity contribution in [1.82, 2.24) is 24.6 Å². The average Bonchev–Trinajstić information content (AvgIpc) is 3.18. The third-order valence-corrected chi connectivity index (χ3v) is 4.99. The molecule has 11 heteroatoms. The second kappa shape index (κ2) is 9.04. The lowest BCUT2D eigenvalue weighted by Gasteiger charge is -2.09. The van der Waals surface area contributed by atoms with Crippen LogP contribution in [0.4, 0.5) is 14.7 Å². The normalized spacial score (nSPS) is 10.9. The zero-order chi connectivity index (χ0) is 21.8. The van der Waals surface area contributed by atoms with Crippen LogP contribution in [0.5, 0.6) is 5.75 Å². The number of thioether (sulfide) groups is 1. The van der Waals surface area contributed by atoms with Crippen molar-refractivity contribution in [2.45, 2.75) is 12.1 Å². The highest BCUT2D eigenvalue weighted by atomic mass is 32.2. The van der Waals surface area contributed by atoms with E-state index in [0.717, 1.165) is 0 Å². The minimum atomic E-state index is -1.05. The Kier molecular flexibility index (Phi) is 6.03. The quantitative estimate of drug-likeness (QED) is 0.345. The summed E-state index contributed by atoms with van der Waals surface area (Å²) in [6.45, 7) is 1.92. The molecule has 0 aliphatic rings. The number of carbonyl (C=O) groups excluding carboxylic acids is 1. The van der Waals surface area contributed by atoms with E-state index in [0.29, 0.717) is 16.4 Å². The van der Waals surface area contributed by atoms with Crippen molar-refractivity contribution < 1.29 is 18.3 Å². The van der Waals surface area contributed by atoms with E-state index in [-0.39, 0.29) is 35.5 Å². The molecule has 0 radical (unpaired) electrons. The summed E-state index contributed by atoms with van der Waals surface area (Å²) in [6, 6.07) is 7.69. The summed E-state index contributed by atoms with van der Waals surface area (Å²) in [5, 5.41) is 7.26. The van der Waals surface area contributed by atoms with Gasteiger partial charge in [0.05, 0.1) is 12.4 Å². The second-order valence-electron chi connectivity index (χ2n) is 6.20. The molecule has 0 atom stereocenters. The number of nitrogens with zero attached hydrogens (tertiary/aromatic N) is 5. The van der Waals surface area contributed by atoms with Crippen molar-refractivity contribution >= 4 is 29.3 Å². The number of rotatable bonds is 7. The van der Waals surface area contributed by atoms with Gasteiger partial charge < -0.3 is 4.74 Å². The van der Waals surface area contributed by atoms with Crippen LogP contribution in [0, 0.1) is 11.6 Å². The van der Waals surface area contributed by atoms with Gasteiger partial charge in [0.2, 0.25) is 17.7 Å². The molecule has 0 aliphatic carbocycles. The molecule has 3 aromatic heterocycles. The van der Waals surface area contributed by atoms with Crippen LogP contribution < -0.4 is 10.1 Å². The van der Waals surface area contributed by atoms with E-state index in [9.17, 15) is 13.6 Å². The molecule has 0 saturated heterocycles. The van der Waals surface area contributed by atoms with Gasteiger partial charge in [0.1, 0.15) is 0 Å². The van der Waals surface area contributed by atoms with Crippen molar-refractivity contribution in [1.29, 1.82) is 0 Å². The zero-order valence-corrected chi connectivity index (χ0v) is 17.1. The Morgan fingerprint density at radius 2 is 1.97 bits per heavy atom. The van der Waals surface area contributed by atoms with Crippen molar-refractivity contribution in [2.24, 2.45) is 0 Å². The van der Waals surface area contributed by atoms with E-state index in [2.05, 4.69) is 25.4 Å². The van der Waals surface area contributed by atoms with Crippen LogP contribution in [-0.2, 0) is 4.79 Å². The molecule has 4 aromatic rings. The zero-order valence-electron chi connectivity index (χ0n) is 16.2. The minimum absolute atomic E-state index is 0.0585. The molecule has 1 N–H and O–H groups in total. The van der Waals surface area contributed by atoms with Gasteiger partial charge in [-0.05, 0) is 37.3 Å². The molecular formula is C20H16F2N6O2S. The number of hydrogen-bond acceptors (Lipinski definition) is 7. The fraction of sp³-hybridized carbons (Fsp3) is 0.150. The Bertz CT molecular complexity index is 1240. The van der Waals surface area contributed by atoms with E-state index in [1.165, 1.54) is 34.6 Å². The molecule has 8 nitrogen and oxygen atoms in total. The van der Waals surface area contributed by atoms with Gasteiger partial charge in [0, 0.05) is 29.7 Å². The Morgan fingerprint density at radius 3 is 2.74 bits per heavy atom. The van der Waals surface area contributed by atoms with Crippen LogP contribution in [-0.4, -0.2) is 42.8 Å². The van der Waals surface area contributed by atoms with Crippen LogP contribution in [0.3, 0.4) is 0 Å². The molecule has 158 valence electrons. The predicted molar refractivity (Wildman–Crippen MR) is 111 cm³/mol. The highest BCUT2D eigenvalue weighted by Gasteiger charge is 2.17. The number of aromatic nitrogens is 5.